The maximum Gasteiger partial charge on any atom is 0.205 e. The van der Waals surface area contributed by atoms with Crippen LogP contribution in [0.5, 0.6) is 5.75 Å². The lowest BCUT2D eigenvalue weighted by molar-refractivity contribution is 0.415. The van der Waals surface area contributed by atoms with Crippen LogP contribution in [0.25, 0.3) is 16.7 Å². The normalized spacial score (nSPS) is 10.9. The fourth-order valence-corrected chi connectivity index (χ4v) is 2.39. The summed E-state index contributed by atoms with van der Waals surface area (Å²) in [7, 11) is 1.61. The summed E-state index contributed by atoms with van der Waals surface area (Å²) in [6, 6.07) is 10.9. The first kappa shape index (κ1) is 13.1. The van der Waals surface area contributed by atoms with E-state index in [-0.39, 0.29) is 0 Å². The van der Waals surface area contributed by atoms with E-state index in [2.05, 4.69) is 4.98 Å². The van der Waals surface area contributed by atoms with Crippen molar-refractivity contribution < 1.29 is 4.74 Å². The lowest BCUT2D eigenvalue weighted by Crippen LogP contribution is -2.00. The smallest absolute Gasteiger partial charge is 0.205 e. The number of imidazole rings is 1. The summed E-state index contributed by atoms with van der Waals surface area (Å²) in [5.41, 5.74) is 8.44. The molecule has 0 saturated carbocycles. The van der Waals surface area contributed by atoms with Crippen molar-refractivity contribution in [1.29, 1.82) is 0 Å². The summed E-state index contributed by atoms with van der Waals surface area (Å²) >= 11 is 12.0. The van der Waals surface area contributed by atoms with E-state index >= 15 is 0 Å². The number of aromatic nitrogens is 2. The van der Waals surface area contributed by atoms with E-state index in [0.717, 1.165) is 22.5 Å². The van der Waals surface area contributed by atoms with Crippen molar-refractivity contribution in [2.45, 2.75) is 0 Å². The quantitative estimate of drug-likeness (QED) is 0.780. The number of ether oxygens (including phenoxy) is 1. The van der Waals surface area contributed by atoms with Crippen LogP contribution in [0.2, 0.25) is 10.0 Å². The van der Waals surface area contributed by atoms with Crippen LogP contribution in [0.1, 0.15) is 0 Å². The third-order valence-electron chi connectivity index (χ3n) is 3.05. The van der Waals surface area contributed by atoms with Gasteiger partial charge in [-0.15, -0.1) is 0 Å². The predicted molar refractivity (Wildman–Crippen MR) is 82.1 cm³/mol. The molecule has 4 nitrogen and oxygen atoms in total. The first-order valence-corrected chi connectivity index (χ1v) is 6.63. The van der Waals surface area contributed by atoms with Crippen molar-refractivity contribution >= 4 is 40.2 Å². The fourth-order valence-electron chi connectivity index (χ4n) is 2.10. The highest BCUT2D eigenvalue weighted by Crippen LogP contribution is 2.29. The molecule has 0 fully saturated rings. The molecule has 0 saturated heterocycles. The second kappa shape index (κ2) is 4.89. The summed E-state index contributed by atoms with van der Waals surface area (Å²) in [4.78, 5) is 4.33. The number of methoxy groups -OCH3 is 1. The minimum Gasteiger partial charge on any atom is -0.497 e. The molecule has 3 rings (SSSR count). The molecule has 102 valence electrons. The molecule has 2 aromatic carbocycles. The summed E-state index contributed by atoms with van der Waals surface area (Å²) < 4.78 is 7.00. The van der Waals surface area contributed by atoms with Gasteiger partial charge < -0.3 is 10.5 Å². The minimum atomic E-state index is 0.381. The molecule has 3 aromatic rings. The Labute approximate surface area is 125 Å². The van der Waals surface area contributed by atoms with E-state index in [4.69, 9.17) is 33.7 Å². The lowest BCUT2D eigenvalue weighted by Gasteiger charge is -2.08. The van der Waals surface area contributed by atoms with Gasteiger partial charge in [-0.05, 0) is 30.3 Å². The highest BCUT2D eigenvalue weighted by Gasteiger charge is 2.12. The van der Waals surface area contributed by atoms with Crippen molar-refractivity contribution in [3.05, 3.63) is 46.4 Å². The van der Waals surface area contributed by atoms with Crippen molar-refractivity contribution in [2.75, 3.05) is 12.8 Å². The van der Waals surface area contributed by atoms with Gasteiger partial charge in [-0.3, -0.25) is 4.57 Å². The maximum absolute atomic E-state index is 6.06. The van der Waals surface area contributed by atoms with E-state index in [0.29, 0.717) is 16.0 Å². The SMILES string of the molecule is COc1ccc2c(c1)nc(N)n2-c1ccc(Cl)c(Cl)c1. The highest BCUT2D eigenvalue weighted by atomic mass is 35.5. The summed E-state index contributed by atoms with van der Waals surface area (Å²) in [6.45, 7) is 0. The lowest BCUT2D eigenvalue weighted by atomic mass is 10.2. The number of rotatable bonds is 2. The standard InChI is InChI=1S/C14H11Cl2N3O/c1-20-9-3-5-13-12(7-9)18-14(17)19(13)8-2-4-10(15)11(16)6-8/h2-7H,1H3,(H2,17,18). The zero-order chi connectivity index (χ0) is 14.3. The van der Waals surface area contributed by atoms with Crippen LogP contribution >= 0.6 is 23.2 Å². The van der Waals surface area contributed by atoms with Crippen LogP contribution in [0.4, 0.5) is 5.95 Å². The Bertz CT molecular complexity index is 798. The monoisotopic (exact) mass is 307 g/mol. The summed E-state index contributed by atoms with van der Waals surface area (Å²) in [6.07, 6.45) is 0. The zero-order valence-electron chi connectivity index (χ0n) is 10.6. The molecule has 2 N–H and O–H groups in total. The average molecular weight is 308 g/mol. The van der Waals surface area contributed by atoms with Gasteiger partial charge in [0.15, 0.2) is 0 Å². The van der Waals surface area contributed by atoms with Crippen LogP contribution < -0.4 is 10.5 Å². The van der Waals surface area contributed by atoms with Crippen LogP contribution in [-0.4, -0.2) is 16.7 Å². The molecule has 6 heteroatoms. The second-order valence-electron chi connectivity index (χ2n) is 4.26. The Hall–Kier alpha value is -1.91. The zero-order valence-corrected chi connectivity index (χ0v) is 12.1. The molecule has 0 atom stereocenters. The molecule has 0 aliphatic heterocycles. The third-order valence-corrected chi connectivity index (χ3v) is 3.79. The van der Waals surface area contributed by atoms with Crippen molar-refractivity contribution in [1.82, 2.24) is 9.55 Å². The Morgan fingerprint density at radius 3 is 2.60 bits per heavy atom. The predicted octanol–water partition coefficient (Wildman–Crippen LogP) is 3.92. The maximum atomic E-state index is 6.06. The van der Waals surface area contributed by atoms with Gasteiger partial charge in [0.1, 0.15) is 5.75 Å². The molecule has 0 radical (unpaired) electrons. The fraction of sp³-hybridized carbons (Fsp3) is 0.0714. The molecular formula is C14H11Cl2N3O. The van der Waals surface area contributed by atoms with E-state index in [9.17, 15) is 0 Å². The van der Waals surface area contributed by atoms with Crippen molar-refractivity contribution in [3.63, 3.8) is 0 Å². The Morgan fingerprint density at radius 2 is 1.90 bits per heavy atom. The number of hydrogen-bond donors (Lipinski definition) is 1. The molecule has 0 unspecified atom stereocenters. The molecule has 0 spiro atoms. The summed E-state index contributed by atoms with van der Waals surface area (Å²) in [5.74, 6) is 1.11. The number of nitrogens with two attached hydrogens (primary N) is 1. The number of nitrogen functional groups attached to an aromatic ring is 1. The number of anilines is 1. The highest BCUT2D eigenvalue weighted by molar-refractivity contribution is 6.42. The molecular weight excluding hydrogens is 297 g/mol. The van der Waals surface area contributed by atoms with Crippen LogP contribution in [0, 0.1) is 0 Å². The van der Waals surface area contributed by atoms with E-state index < -0.39 is 0 Å². The molecule has 0 aliphatic carbocycles. The molecule has 0 amide bonds. The van der Waals surface area contributed by atoms with Gasteiger partial charge >= 0.3 is 0 Å². The molecule has 0 aliphatic rings. The second-order valence-corrected chi connectivity index (χ2v) is 5.07. The Morgan fingerprint density at radius 1 is 1.10 bits per heavy atom. The molecule has 1 heterocycles. The van der Waals surface area contributed by atoms with Crippen molar-refractivity contribution in [2.24, 2.45) is 0 Å². The first-order chi connectivity index (χ1) is 9.60. The Balaban J connectivity index is 2.24. The van der Waals surface area contributed by atoms with E-state index in [1.54, 1.807) is 19.2 Å². The van der Waals surface area contributed by atoms with Gasteiger partial charge in [0, 0.05) is 6.07 Å². The van der Waals surface area contributed by atoms with Gasteiger partial charge in [0.05, 0.1) is 33.9 Å². The van der Waals surface area contributed by atoms with Crippen molar-refractivity contribution in [3.8, 4) is 11.4 Å². The van der Waals surface area contributed by atoms with E-state index in [1.165, 1.54) is 0 Å². The van der Waals surface area contributed by atoms with E-state index in [1.807, 2.05) is 28.8 Å². The molecule has 20 heavy (non-hydrogen) atoms. The summed E-state index contributed by atoms with van der Waals surface area (Å²) in [5, 5.41) is 0.971. The number of halogens is 2. The van der Waals surface area contributed by atoms with Crippen LogP contribution in [0.15, 0.2) is 36.4 Å². The molecule has 1 aromatic heterocycles. The number of hydrogen-bond acceptors (Lipinski definition) is 3. The van der Waals surface area contributed by atoms with Gasteiger partial charge in [-0.2, -0.15) is 0 Å². The average Bonchev–Trinajstić information content (AvgIpc) is 2.76. The largest absolute Gasteiger partial charge is 0.497 e. The number of fused-ring (bicyclic) bond motifs is 1. The van der Waals surface area contributed by atoms with Crippen LogP contribution in [-0.2, 0) is 0 Å². The first-order valence-electron chi connectivity index (χ1n) is 5.87. The van der Waals surface area contributed by atoms with Gasteiger partial charge in [-0.25, -0.2) is 4.98 Å². The Kier molecular flexibility index (Phi) is 3.20. The van der Waals surface area contributed by atoms with Gasteiger partial charge in [0.2, 0.25) is 5.95 Å². The van der Waals surface area contributed by atoms with Gasteiger partial charge in [0.25, 0.3) is 0 Å². The number of benzene rings is 2. The number of nitrogens with zero attached hydrogens (tertiary/aromatic N) is 2. The third kappa shape index (κ3) is 2.07. The minimum absolute atomic E-state index is 0.381. The van der Waals surface area contributed by atoms with Crippen LogP contribution in [0.3, 0.4) is 0 Å². The van der Waals surface area contributed by atoms with Gasteiger partial charge in [-0.1, -0.05) is 23.2 Å². The molecule has 0 bridgehead atoms. The topological polar surface area (TPSA) is 53.1 Å².